The molecule has 0 amide bonds. The first kappa shape index (κ1) is 12.6. The molecule has 2 aliphatic heterocycles. The zero-order chi connectivity index (χ0) is 14.1. The van der Waals surface area contributed by atoms with Gasteiger partial charge in [0.05, 0.1) is 5.84 Å². The van der Waals surface area contributed by atoms with Crippen molar-refractivity contribution in [3.63, 3.8) is 0 Å². The van der Waals surface area contributed by atoms with Gasteiger partial charge in [-0.05, 0) is 35.1 Å². The van der Waals surface area contributed by atoms with Crippen molar-refractivity contribution in [3.8, 4) is 11.1 Å². The second-order valence-corrected chi connectivity index (χ2v) is 5.88. The summed E-state index contributed by atoms with van der Waals surface area (Å²) >= 11 is 0. The molecule has 2 heterocycles. The number of aryl methyl sites for hydroxylation is 1. The number of rotatable bonds is 1. The van der Waals surface area contributed by atoms with Gasteiger partial charge in [0, 0.05) is 26.1 Å². The molecule has 21 heavy (non-hydrogen) atoms. The largest absolute Gasteiger partial charge is 0.356 e. The molecule has 0 fully saturated rings. The zero-order valence-corrected chi connectivity index (χ0v) is 12.3. The molecule has 0 N–H and O–H groups in total. The van der Waals surface area contributed by atoms with Gasteiger partial charge in [-0.15, -0.1) is 0 Å². The molecule has 0 unspecified atom stereocenters. The highest BCUT2D eigenvalue weighted by atomic mass is 15.2. The molecule has 0 aliphatic carbocycles. The molecule has 2 aliphatic rings. The summed E-state index contributed by atoms with van der Waals surface area (Å²) in [6.45, 7) is 3.17. The molecule has 2 aromatic carbocycles. The maximum atomic E-state index is 4.74. The Morgan fingerprint density at radius 1 is 0.905 bits per heavy atom. The van der Waals surface area contributed by atoms with E-state index in [1.165, 1.54) is 34.5 Å². The minimum atomic E-state index is 1.01. The molecule has 2 heteroatoms. The Hall–Kier alpha value is -2.09. The molecule has 4 rings (SSSR count). The molecule has 0 saturated heterocycles. The second-order valence-electron chi connectivity index (χ2n) is 5.88. The topological polar surface area (TPSA) is 15.6 Å². The summed E-state index contributed by atoms with van der Waals surface area (Å²) in [5, 5.41) is 0. The summed E-state index contributed by atoms with van der Waals surface area (Å²) in [6, 6.07) is 17.5. The van der Waals surface area contributed by atoms with Crippen LogP contribution >= 0.6 is 0 Å². The fraction of sp³-hybridized carbons (Fsp3) is 0.316. The van der Waals surface area contributed by atoms with Crippen molar-refractivity contribution in [1.82, 2.24) is 4.90 Å². The van der Waals surface area contributed by atoms with E-state index in [0.29, 0.717) is 0 Å². The summed E-state index contributed by atoms with van der Waals surface area (Å²) in [5.41, 5.74) is 5.70. The lowest BCUT2D eigenvalue weighted by Crippen LogP contribution is -2.34. The maximum absolute atomic E-state index is 4.74. The lowest BCUT2D eigenvalue weighted by Gasteiger charge is -2.28. The van der Waals surface area contributed by atoms with Gasteiger partial charge >= 0.3 is 0 Å². The van der Waals surface area contributed by atoms with Crippen molar-refractivity contribution in [2.24, 2.45) is 4.99 Å². The van der Waals surface area contributed by atoms with Crippen LogP contribution in [-0.2, 0) is 13.0 Å². The molecule has 106 valence electrons. The van der Waals surface area contributed by atoms with Gasteiger partial charge in [0.2, 0.25) is 0 Å². The van der Waals surface area contributed by atoms with Crippen LogP contribution in [0.2, 0.25) is 0 Å². The maximum Gasteiger partial charge on any atom is 0.0995 e. The van der Waals surface area contributed by atoms with Gasteiger partial charge in [-0.25, -0.2) is 0 Å². The third-order valence-electron chi connectivity index (χ3n) is 4.57. The van der Waals surface area contributed by atoms with Gasteiger partial charge in [0.25, 0.3) is 0 Å². The smallest absolute Gasteiger partial charge is 0.0995 e. The molecule has 2 aromatic rings. The third-order valence-corrected chi connectivity index (χ3v) is 4.57. The Bertz CT molecular complexity index is 673. The van der Waals surface area contributed by atoms with Crippen molar-refractivity contribution in [1.29, 1.82) is 0 Å². The molecule has 0 atom stereocenters. The van der Waals surface area contributed by atoms with Crippen LogP contribution in [0, 0.1) is 0 Å². The van der Waals surface area contributed by atoms with E-state index in [1.807, 2.05) is 0 Å². The van der Waals surface area contributed by atoms with Crippen LogP contribution in [-0.4, -0.2) is 23.8 Å². The predicted octanol–water partition coefficient (Wildman–Crippen LogP) is 3.90. The van der Waals surface area contributed by atoms with Crippen molar-refractivity contribution < 1.29 is 0 Å². The van der Waals surface area contributed by atoms with Crippen LogP contribution in [0.25, 0.3) is 11.1 Å². The average Bonchev–Trinajstić information content (AvgIpc) is 2.74. The molecular weight excluding hydrogens is 256 g/mol. The Morgan fingerprint density at radius 2 is 1.81 bits per heavy atom. The van der Waals surface area contributed by atoms with Crippen molar-refractivity contribution >= 4 is 5.84 Å². The predicted molar refractivity (Wildman–Crippen MR) is 87.5 cm³/mol. The monoisotopic (exact) mass is 276 g/mol. The average molecular weight is 276 g/mol. The van der Waals surface area contributed by atoms with Crippen molar-refractivity contribution in [2.75, 3.05) is 13.1 Å². The Balaban J connectivity index is 1.80. The van der Waals surface area contributed by atoms with E-state index in [9.17, 15) is 0 Å². The summed E-state index contributed by atoms with van der Waals surface area (Å²) < 4.78 is 0. The summed E-state index contributed by atoms with van der Waals surface area (Å²) in [7, 11) is 0. The summed E-state index contributed by atoms with van der Waals surface area (Å²) in [4.78, 5) is 7.23. The fourth-order valence-electron chi connectivity index (χ4n) is 3.49. The second kappa shape index (κ2) is 5.36. The van der Waals surface area contributed by atoms with Crippen LogP contribution in [0.3, 0.4) is 0 Å². The zero-order valence-electron chi connectivity index (χ0n) is 12.3. The van der Waals surface area contributed by atoms with Crippen LogP contribution < -0.4 is 0 Å². The van der Waals surface area contributed by atoms with Crippen LogP contribution in [0.15, 0.2) is 53.5 Å². The van der Waals surface area contributed by atoms with Crippen molar-refractivity contribution in [3.05, 3.63) is 59.7 Å². The van der Waals surface area contributed by atoms with E-state index in [2.05, 4.69) is 53.4 Å². The standard InChI is InChI=1S/C19H20N2/c1-2-6-15(7-3-1)17-9-4-8-16-10-11-19-20-12-5-13-21(19)14-18(16)17/h1-4,6-9H,5,10-14H2. The van der Waals surface area contributed by atoms with E-state index in [-0.39, 0.29) is 0 Å². The Morgan fingerprint density at radius 3 is 2.71 bits per heavy atom. The van der Waals surface area contributed by atoms with Gasteiger partial charge < -0.3 is 4.90 Å². The van der Waals surface area contributed by atoms with Crippen molar-refractivity contribution in [2.45, 2.75) is 25.8 Å². The number of hydrogen-bond donors (Lipinski definition) is 0. The number of fused-ring (bicyclic) bond motifs is 2. The van der Waals surface area contributed by atoms with E-state index in [0.717, 1.165) is 32.5 Å². The Labute approximate surface area is 126 Å². The molecule has 0 spiro atoms. The summed E-state index contributed by atoms with van der Waals surface area (Å²) in [6.07, 6.45) is 3.39. The first-order valence-corrected chi connectivity index (χ1v) is 7.86. The quantitative estimate of drug-likeness (QED) is 0.771. The van der Waals surface area contributed by atoms with Crippen LogP contribution in [0.4, 0.5) is 0 Å². The number of benzene rings is 2. The van der Waals surface area contributed by atoms with Gasteiger partial charge in [-0.3, -0.25) is 4.99 Å². The van der Waals surface area contributed by atoms with Gasteiger partial charge in [-0.1, -0.05) is 48.5 Å². The number of nitrogens with zero attached hydrogens (tertiary/aromatic N) is 2. The third kappa shape index (κ3) is 2.35. The molecule has 0 bridgehead atoms. The minimum absolute atomic E-state index is 1.01. The normalized spacial score (nSPS) is 17.5. The van der Waals surface area contributed by atoms with Gasteiger partial charge in [0.15, 0.2) is 0 Å². The van der Waals surface area contributed by atoms with Crippen LogP contribution in [0.1, 0.15) is 24.0 Å². The van der Waals surface area contributed by atoms with Gasteiger partial charge in [-0.2, -0.15) is 0 Å². The lowest BCUT2D eigenvalue weighted by molar-refractivity contribution is 0.385. The number of amidine groups is 1. The highest BCUT2D eigenvalue weighted by Gasteiger charge is 2.22. The van der Waals surface area contributed by atoms with E-state index < -0.39 is 0 Å². The fourth-order valence-corrected chi connectivity index (χ4v) is 3.49. The molecule has 0 radical (unpaired) electrons. The highest BCUT2D eigenvalue weighted by Crippen LogP contribution is 2.31. The number of aliphatic imine (C=N–C) groups is 1. The Kier molecular flexibility index (Phi) is 3.23. The SMILES string of the molecule is c1ccc(-c2cccc3c2CN2CCCN=C2CC3)cc1. The summed E-state index contributed by atoms with van der Waals surface area (Å²) in [5.74, 6) is 1.32. The lowest BCUT2D eigenvalue weighted by atomic mass is 9.94. The molecule has 2 nitrogen and oxygen atoms in total. The first-order valence-electron chi connectivity index (χ1n) is 7.86. The van der Waals surface area contributed by atoms with E-state index in [4.69, 9.17) is 4.99 Å². The first-order chi connectivity index (χ1) is 10.4. The molecule has 0 saturated carbocycles. The number of hydrogen-bond acceptors (Lipinski definition) is 2. The van der Waals surface area contributed by atoms with E-state index in [1.54, 1.807) is 0 Å². The van der Waals surface area contributed by atoms with E-state index >= 15 is 0 Å². The highest BCUT2D eigenvalue weighted by molar-refractivity contribution is 5.84. The minimum Gasteiger partial charge on any atom is -0.356 e. The molecular formula is C19H20N2. The van der Waals surface area contributed by atoms with Crippen LogP contribution in [0.5, 0.6) is 0 Å². The molecule has 0 aromatic heterocycles. The van der Waals surface area contributed by atoms with Gasteiger partial charge in [0.1, 0.15) is 0 Å².